The second-order valence-corrected chi connectivity index (χ2v) is 4.07. The molecule has 0 aliphatic carbocycles. The molecule has 1 atom stereocenters. The Kier molecular flexibility index (Phi) is 4.85. The highest BCUT2D eigenvalue weighted by Gasteiger charge is 2.19. The van der Waals surface area contributed by atoms with Crippen LogP contribution in [0, 0.1) is 6.92 Å². The maximum Gasteiger partial charge on any atom is 0.223 e. The predicted octanol–water partition coefficient (Wildman–Crippen LogP) is 0.255. The van der Waals surface area contributed by atoms with E-state index < -0.39 is 5.60 Å². The number of rotatable bonds is 7. The lowest BCUT2D eigenvalue weighted by molar-refractivity contribution is 0.0246. The van der Waals surface area contributed by atoms with Crippen molar-refractivity contribution < 1.29 is 14.4 Å². The highest BCUT2D eigenvalue weighted by molar-refractivity contribution is 4.84. The molecule has 1 aromatic rings. The second kappa shape index (κ2) is 5.93. The van der Waals surface area contributed by atoms with Crippen LogP contribution in [0.3, 0.4) is 0 Å². The van der Waals surface area contributed by atoms with Crippen LogP contribution in [-0.2, 0) is 11.3 Å². The van der Waals surface area contributed by atoms with E-state index in [0.29, 0.717) is 37.8 Å². The molecule has 92 valence electrons. The molecule has 0 fully saturated rings. The van der Waals surface area contributed by atoms with Gasteiger partial charge in [-0.3, -0.25) is 0 Å². The Balaban J connectivity index is 2.24. The van der Waals surface area contributed by atoms with Gasteiger partial charge < -0.3 is 19.7 Å². The summed E-state index contributed by atoms with van der Waals surface area (Å²) in [4.78, 5) is 4.05. The van der Waals surface area contributed by atoms with Crippen LogP contribution in [0.5, 0.6) is 0 Å². The number of hydrogen-bond donors (Lipinski definition) is 2. The molecule has 16 heavy (non-hydrogen) atoms. The SMILES string of the molecule is COCCC(C)(O)CNCc1noc(C)n1. The van der Waals surface area contributed by atoms with Crippen LogP contribution < -0.4 is 5.32 Å². The Morgan fingerprint density at radius 3 is 2.88 bits per heavy atom. The van der Waals surface area contributed by atoms with Crippen LogP contribution in [-0.4, -0.2) is 41.1 Å². The molecule has 0 amide bonds. The summed E-state index contributed by atoms with van der Waals surface area (Å²) in [5.41, 5.74) is -0.783. The lowest BCUT2D eigenvalue weighted by Crippen LogP contribution is -2.38. The number of aryl methyl sites for hydroxylation is 1. The van der Waals surface area contributed by atoms with E-state index in [-0.39, 0.29) is 0 Å². The standard InChI is InChI=1S/C10H19N3O3/c1-8-12-9(13-16-8)6-11-7-10(2,14)4-5-15-3/h11,14H,4-7H2,1-3H3. The molecule has 0 bridgehead atoms. The lowest BCUT2D eigenvalue weighted by Gasteiger charge is -2.22. The van der Waals surface area contributed by atoms with E-state index >= 15 is 0 Å². The zero-order valence-electron chi connectivity index (χ0n) is 9.99. The maximum atomic E-state index is 9.92. The first kappa shape index (κ1) is 13.1. The molecule has 6 heteroatoms. The van der Waals surface area contributed by atoms with Crippen LogP contribution >= 0.6 is 0 Å². The molecule has 0 saturated heterocycles. The zero-order valence-corrected chi connectivity index (χ0v) is 9.99. The molecule has 6 nitrogen and oxygen atoms in total. The number of nitrogens with one attached hydrogen (secondary N) is 1. The fourth-order valence-electron chi connectivity index (χ4n) is 1.27. The molecule has 1 aromatic heterocycles. The first-order valence-electron chi connectivity index (χ1n) is 5.25. The molecular formula is C10H19N3O3. The van der Waals surface area contributed by atoms with Gasteiger partial charge in [-0.05, 0) is 6.92 Å². The molecule has 1 rings (SSSR count). The van der Waals surface area contributed by atoms with Gasteiger partial charge in [0.25, 0.3) is 0 Å². The van der Waals surface area contributed by atoms with Crippen LogP contribution in [0.4, 0.5) is 0 Å². The van der Waals surface area contributed by atoms with Gasteiger partial charge in [-0.15, -0.1) is 0 Å². The monoisotopic (exact) mass is 229 g/mol. The van der Waals surface area contributed by atoms with Gasteiger partial charge in [-0.25, -0.2) is 0 Å². The fourth-order valence-corrected chi connectivity index (χ4v) is 1.27. The third-order valence-corrected chi connectivity index (χ3v) is 2.20. The Bertz CT molecular complexity index is 312. The molecule has 0 spiro atoms. The number of methoxy groups -OCH3 is 1. The van der Waals surface area contributed by atoms with Crippen molar-refractivity contribution in [2.45, 2.75) is 32.4 Å². The van der Waals surface area contributed by atoms with Gasteiger partial charge >= 0.3 is 0 Å². The summed E-state index contributed by atoms with van der Waals surface area (Å²) >= 11 is 0. The van der Waals surface area contributed by atoms with Gasteiger partial charge in [0.1, 0.15) is 0 Å². The predicted molar refractivity (Wildman–Crippen MR) is 57.9 cm³/mol. The van der Waals surface area contributed by atoms with Gasteiger partial charge in [0.2, 0.25) is 5.89 Å². The summed E-state index contributed by atoms with van der Waals surface area (Å²) in [6.45, 7) is 4.99. The maximum absolute atomic E-state index is 9.92. The van der Waals surface area contributed by atoms with Gasteiger partial charge in [0.15, 0.2) is 5.82 Å². The molecule has 0 aliphatic rings. The fraction of sp³-hybridized carbons (Fsp3) is 0.800. The van der Waals surface area contributed by atoms with Crippen molar-refractivity contribution in [1.82, 2.24) is 15.5 Å². The minimum atomic E-state index is -0.783. The van der Waals surface area contributed by atoms with E-state index in [4.69, 9.17) is 9.26 Å². The molecular weight excluding hydrogens is 210 g/mol. The van der Waals surface area contributed by atoms with E-state index in [1.807, 2.05) is 0 Å². The van der Waals surface area contributed by atoms with Crippen LogP contribution in [0.2, 0.25) is 0 Å². The van der Waals surface area contributed by atoms with Crippen molar-refractivity contribution in [1.29, 1.82) is 0 Å². The number of aliphatic hydroxyl groups is 1. The quantitative estimate of drug-likeness (QED) is 0.698. The molecule has 0 aromatic carbocycles. The van der Waals surface area contributed by atoms with Gasteiger partial charge in [-0.2, -0.15) is 4.98 Å². The van der Waals surface area contributed by atoms with Crippen LogP contribution in [0.25, 0.3) is 0 Å². The smallest absolute Gasteiger partial charge is 0.223 e. The topological polar surface area (TPSA) is 80.4 Å². The van der Waals surface area contributed by atoms with E-state index in [1.165, 1.54) is 0 Å². The molecule has 2 N–H and O–H groups in total. The summed E-state index contributed by atoms with van der Waals surface area (Å²) in [6.07, 6.45) is 0.585. The number of hydrogen-bond acceptors (Lipinski definition) is 6. The van der Waals surface area contributed by atoms with Gasteiger partial charge in [-0.1, -0.05) is 5.16 Å². The van der Waals surface area contributed by atoms with Crippen molar-refractivity contribution in [2.24, 2.45) is 0 Å². The van der Waals surface area contributed by atoms with Crippen molar-refractivity contribution in [2.75, 3.05) is 20.3 Å². The summed E-state index contributed by atoms with van der Waals surface area (Å²) in [7, 11) is 1.62. The highest BCUT2D eigenvalue weighted by Crippen LogP contribution is 2.07. The van der Waals surface area contributed by atoms with Gasteiger partial charge in [0, 0.05) is 33.6 Å². The Hall–Kier alpha value is -0.980. The molecule has 1 heterocycles. The Labute approximate surface area is 95.0 Å². The number of aromatic nitrogens is 2. The first-order valence-corrected chi connectivity index (χ1v) is 5.25. The number of nitrogens with zero attached hydrogens (tertiary/aromatic N) is 2. The number of ether oxygens (including phenoxy) is 1. The Morgan fingerprint density at radius 1 is 1.56 bits per heavy atom. The van der Waals surface area contributed by atoms with E-state index in [2.05, 4.69) is 15.5 Å². The van der Waals surface area contributed by atoms with Crippen molar-refractivity contribution in [3.63, 3.8) is 0 Å². The van der Waals surface area contributed by atoms with E-state index in [1.54, 1.807) is 21.0 Å². The summed E-state index contributed by atoms with van der Waals surface area (Å²) < 4.78 is 9.75. The lowest BCUT2D eigenvalue weighted by atomic mass is 10.0. The largest absolute Gasteiger partial charge is 0.389 e. The average Bonchev–Trinajstić information content (AvgIpc) is 2.61. The minimum absolute atomic E-state index is 0.462. The Morgan fingerprint density at radius 2 is 2.31 bits per heavy atom. The summed E-state index contributed by atoms with van der Waals surface area (Å²) in [6, 6.07) is 0. The second-order valence-electron chi connectivity index (χ2n) is 4.07. The third-order valence-electron chi connectivity index (χ3n) is 2.20. The summed E-state index contributed by atoms with van der Waals surface area (Å²) in [5.74, 6) is 1.14. The molecule has 0 saturated carbocycles. The van der Waals surface area contributed by atoms with E-state index in [0.717, 1.165) is 0 Å². The van der Waals surface area contributed by atoms with Crippen molar-refractivity contribution in [3.8, 4) is 0 Å². The molecule has 1 unspecified atom stereocenters. The van der Waals surface area contributed by atoms with Crippen molar-refractivity contribution >= 4 is 0 Å². The molecule has 0 radical (unpaired) electrons. The van der Waals surface area contributed by atoms with Crippen molar-refractivity contribution in [3.05, 3.63) is 11.7 Å². The highest BCUT2D eigenvalue weighted by atomic mass is 16.5. The van der Waals surface area contributed by atoms with Crippen LogP contribution in [0.1, 0.15) is 25.1 Å². The third kappa shape index (κ3) is 4.69. The first-order chi connectivity index (χ1) is 7.53. The van der Waals surface area contributed by atoms with E-state index in [9.17, 15) is 5.11 Å². The van der Waals surface area contributed by atoms with Crippen LogP contribution in [0.15, 0.2) is 4.52 Å². The normalized spacial score (nSPS) is 15.0. The zero-order chi connectivity index (χ0) is 12.0. The summed E-state index contributed by atoms with van der Waals surface area (Å²) in [5, 5.41) is 16.7. The minimum Gasteiger partial charge on any atom is -0.389 e. The van der Waals surface area contributed by atoms with Gasteiger partial charge in [0.05, 0.1) is 12.1 Å². The molecule has 0 aliphatic heterocycles. The average molecular weight is 229 g/mol.